The van der Waals surface area contributed by atoms with Crippen LogP contribution in [0.15, 0.2) is 21.8 Å². The Morgan fingerprint density at radius 3 is 2.54 bits per heavy atom. The van der Waals surface area contributed by atoms with Gasteiger partial charge in [-0.15, -0.1) is 0 Å². The van der Waals surface area contributed by atoms with Gasteiger partial charge >= 0.3 is 0 Å². The first kappa shape index (κ1) is 22.7. The van der Waals surface area contributed by atoms with Gasteiger partial charge in [0.25, 0.3) is 0 Å². The number of unbranched alkanes of at least 4 members (excludes halogenated alkanes) is 3. The number of piperazine rings is 1. The highest BCUT2D eigenvalue weighted by Gasteiger charge is 2.28. The Hall–Kier alpha value is -1.61. The SMILES string of the molecule is CN=C(NCCCCCCC(C)C)N1CCN(S(=O)(=O)Cc2ccon2)CC1. The molecular formula is C19H35N5O3S. The van der Waals surface area contributed by atoms with E-state index in [1.54, 1.807) is 13.1 Å². The van der Waals surface area contributed by atoms with Crippen molar-refractivity contribution in [2.75, 3.05) is 39.8 Å². The van der Waals surface area contributed by atoms with E-state index in [0.29, 0.717) is 31.9 Å². The van der Waals surface area contributed by atoms with Crippen molar-refractivity contribution >= 4 is 16.0 Å². The van der Waals surface area contributed by atoms with E-state index in [1.165, 1.54) is 36.3 Å². The number of nitrogens with one attached hydrogen (secondary N) is 1. The van der Waals surface area contributed by atoms with Crippen LogP contribution in [0.3, 0.4) is 0 Å². The average molecular weight is 414 g/mol. The number of aliphatic imine (C=N–C) groups is 1. The Morgan fingerprint density at radius 1 is 1.21 bits per heavy atom. The summed E-state index contributed by atoms with van der Waals surface area (Å²) in [6, 6.07) is 1.59. The molecule has 1 aliphatic heterocycles. The molecule has 8 nitrogen and oxygen atoms in total. The minimum Gasteiger partial charge on any atom is -0.364 e. The van der Waals surface area contributed by atoms with Gasteiger partial charge in [0, 0.05) is 45.8 Å². The Balaban J connectivity index is 1.69. The predicted molar refractivity (Wildman–Crippen MR) is 112 cm³/mol. The van der Waals surface area contributed by atoms with E-state index in [4.69, 9.17) is 4.52 Å². The van der Waals surface area contributed by atoms with Crippen molar-refractivity contribution in [3.05, 3.63) is 18.0 Å². The summed E-state index contributed by atoms with van der Waals surface area (Å²) in [5.74, 6) is 1.53. The van der Waals surface area contributed by atoms with Crippen LogP contribution in [0.25, 0.3) is 0 Å². The first-order valence-corrected chi connectivity index (χ1v) is 11.9. The smallest absolute Gasteiger partial charge is 0.220 e. The largest absolute Gasteiger partial charge is 0.364 e. The quantitative estimate of drug-likeness (QED) is 0.360. The van der Waals surface area contributed by atoms with Crippen molar-refractivity contribution in [2.45, 2.75) is 51.7 Å². The molecule has 0 spiro atoms. The molecule has 2 rings (SSSR count). The Labute approximate surface area is 169 Å². The molecule has 0 bridgehead atoms. The number of hydrogen-bond acceptors (Lipinski definition) is 5. The van der Waals surface area contributed by atoms with Crippen molar-refractivity contribution < 1.29 is 12.9 Å². The fourth-order valence-corrected chi connectivity index (χ4v) is 4.76. The maximum Gasteiger partial charge on any atom is 0.220 e. The summed E-state index contributed by atoms with van der Waals surface area (Å²) in [5, 5.41) is 7.12. The summed E-state index contributed by atoms with van der Waals surface area (Å²) in [7, 11) is -1.60. The Morgan fingerprint density at radius 2 is 1.93 bits per heavy atom. The standard InChI is InChI=1S/C19H35N5O3S/c1-17(2)8-6-4-5-7-10-21-19(20-3)23-11-13-24(14-12-23)28(25,26)16-18-9-15-27-22-18/h9,15,17H,4-8,10-14,16H2,1-3H3,(H,20,21). The van der Waals surface area contributed by atoms with E-state index in [-0.39, 0.29) is 5.75 Å². The first-order chi connectivity index (χ1) is 13.4. The van der Waals surface area contributed by atoms with Gasteiger partial charge in [-0.25, -0.2) is 8.42 Å². The van der Waals surface area contributed by atoms with Gasteiger partial charge in [-0.05, 0) is 12.3 Å². The van der Waals surface area contributed by atoms with Crippen LogP contribution in [-0.2, 0) is 15.8 Å². The molecule has 9 heteroatoms. The van der Waals surface area contributed by atoms with Gasteiger partial charge in [-0.1, -0.05) is 44.7 Å². The van der Waals surface area contributed by atoms with Crippen LogP contribution in [-0.4, -0.2) is 68.5 Å². The molecule has 0 saturated carbocycles. The van der Waals surface area contributed by atoms with Gasteiger partial charge in [0.15, 0.2) is 5.96 Å². The maximum absolute atomic E-state index is 12.5. The molecule has 1 N–H and O–H groups in total. The lowest BCUT2D eigenvalue weighted by molar-refractivity contribution is 0.259. The lowest BCUT2D eigenvalue weighted by Gasteiger charge is -2.35. The van der Waals surface area contributed by atoms with Crippen LogP contribution in [0, 0.1) is 5.92 Å². The Kier molecular flexibility index (Phi) is 9.24. The summed E-state index contributed by atoms with van der Waals surface area (Å²) < 4.78 is 31.3. The van der Waals surface area contributed by atoms with Crippen LogP contribution < -0.4 is 5.32 Å². The third-order valence-corrected chi connectivity index (χ3v) is 6.77. The van der Waals surface area contributed by atoms with Gasteiger partial charge in [0.2, 0.25) is 10.0 Å². The predicted octanol–water partition coefficient (Wildman–Crippen LogP) is 2.30. The second kappa shape index (κ2) is 11.4. The van der Waals surface area contributed by atoms with E-state index in [0.717, 1.165) is 24.8 Å². The fraction of sp³-hybridized carbons (Fsp3) is 0.789. The zero-order valence-electron chi connectivity index (χ0n) is 17.4. The van der Waals surface area contributed by atoms with E-state index >= 15 is 0 Å². The molecule has 1 fully saturated rings. The van der Waals surface area contributed by atoms with E-state index in [9.17, 15) is 8.42 Å². The van der Waals surface area contributed by atoms with Crippen LogP contribution in [0.1, 0.15) is 51.6 Å². The number of sulfonamides is 1. The molecule has 1 aliphatic rings. The number of nitrogens with zero attached hydrogens (tertiary/aromatic N) is 4. The highest BCUT2D eigenvalue weighted by Crippen LogP contribution is 2.13. The molecule has 1 aromatic heterocycles. The van der Waals surface area contributed by atoms with Gasteiger partial charge < -0.3 is 14.7 Å². The topological polar surface area (TPSA) is 91.0 Å². The molecule has 0 aliphatic carbocycles. The molecule has 0 amide bonds. The second-order valence-corrected chi connectivity index (χ2v) is 9.67. The minimum atomic E-state index is -3.37. The average Bonchev–Trinajstić information content (AvgIpc) is 3.16. The van der Waals surface area contributed by atoms with Gasteiger partial charge in [-0.3, -0.25) is 4.99 Å². The normalized spacial score (nSPS) is 16.7. The fourth-order valence-electron chi connectivity index (χ4n) is 3.33. The molecule has 0 radical (unpaired) electrons. The molecule has 160 valence electrons. The summed E-state index contributed by atoms with van der Waals surface area (Å²) in [6.45, 7) is 7.61. The van der Waals surface area contributed by atoms with Crippen molar-refractivity contribution in [1.82, 2.24) is 19.7 Å². The highest BCUT2D eigenvalue weighted by atomic mass is 32.2. The van der Waals surface area contributed by atoms with Crippen molar-refractivity contribution in [3.63, 3.8) is 0 Å². The molecule has 0 atom stereocenters. The third-order valence-electron chi connectivity index (χ3n) is 4.96. The summed E-state index contributed by atoms with van der Waals surface area (Å²) >= 11 is 0. The lowest BCUT2D eigenvalue weighted by Crippen LogP contribution is -2.54. The zero-order valence-corrected chi connectivity index (χ0v) is 18.2. The summed E-state index contributed by atoms with van der Waals surface area (Å²) in [5.41, 5.74) is 0.438. The lowest BCUT2D eigenvalue weighted by atomic mass is 10.0. The molecule has 1 saturated heterocycles. The van der Waals surface area contributed by atoms with Gasteiger partial charge in [-0.2, -0.15) is 4.31 Å². The van der Waals surface area contributed by atoms with Gasteiger partial charge in [0.05, 0.1) is 5.69 Å². The van der Waals surface area contributed by atoms with E-state index in [2.05, 4.69) is 34.2 Å². The number of aromatic nitrogens is 1. The molecule has 28 heavy (non-hydrogen) atoms. The molecular weight excluding hydrogens is 378 g/mol. The van der Waals surface area contributed by atoms with Crippen molar-refractivity contribution in [3.8, 4) is 0 Å². The zero-order chi connectivity index (χ0) is 20.4. The highest BCUT2D eigenvalue weighted by molar-refractivity contribution is 7.88. The summed E-state index contributed by atoms with van der Waals surface area (Å²) in [4.78, 5) is 6.48. The van der Waals surface area contributed by atoms with Crippen LogP contribution in [0.2, 0.25) is 0 Å². The number of guanidine groups is 1. The monoisotopic (exact) mass is 413 g/mol. The van der Waals surface area contributed by atoms with Gasteiger partial charge in [0.1, 0.15) is 12.0 Å². The van der Waals surface area contributed by atoms with Crippen LogP contribution >= 0.6 is 0 Å². The molecule has 0 aromatic carbocycles. The van der Waals surface area contributed by atoms with Crippen LogP contribution in [0.5, 0.6) is 0 Å². The number of hydrogen-bond donors (Lipinski definition) is 1. The van der Waals surface area contributed by atoms with Crippen molar-refractivity contribution in [2.24, 2.45) is 10.9 Å². The minimum absolute atomic E-state index is 0.118. The third kappa shape index (κ3) is 7.43. The first-order valence-electron chi connectivity index (χ1n) is 10.2. The number of rotatable bonds is 10. The second-order valence-electron chi connectivity index (χ2n) is 7.70. The molecule has 0 unspecified atom stereocenters. The van der Waals surface area contributed by atoms with Crippen LogP contribution in [0.4, 0.5) is 0 Å². The maximum atomic E-state index is 12.5. The molecule has 1 aromatic rings. The summed E-state index contributed by atoms with van der Waals surface area (Å²) in [6.07, 6.45) is 7.63. The van der Waals surface area contributed by atoms with E-state index < -0.39 is 10.0 Å². The molecule has 2 heterocycles. The Bertz CT molecular complexity index is 680. The van der Waals surface area contributed by atoms with Crippen molar-refractivity contribution in [1.29, 1.82) is 0 Å². The van der Waals surface area contributed by atoms with E-state index in [1.807, 2.05) is 0 Å².